The second-order valence-corrected chi connectivity index (χ2v) is 12.9. The van der Waals surface area contributed by atoms with E-state index in [1.165, 1.54) is 49.5 Å². The van der Waals surface area contributed by atoms with Gasteiger partial charge in [0.1, 0.15) is 6.54 Å². The van der Waals surface area contributed by atoms with Crippen LogP contribution in [0.5, 0.6) is 0 Å². The van der Waals surface area contributed by atoms with Crippen molar-refractivity contribution in [2.75, 3.05) is 43.5 Å². The van der Waals surface area contributed by atoms with Crippen molar-refractivity contribution in [1.29, 1.82) is 0 Å². The molecule has 0 saturated heterocycles. The van der Waals surface area contributed by atoms with Crippen LogP contribution in [0.3, 0.4) is 0 Å². The molecule has 0 aliphatic rings. The van der Waals surface area contributed by atoms with E-state index >= 15 is 0 Å². The van der Waals surface area contributed by atoms with Crippen LogP contribution in [0.1, 0.15) is 17.5 Å². The summed E-state index contributed by atoms with van der Waals surface area (Å²) in [6.07, 6.45) is 1.77. The minimum Gasteiger partial charge on any atom is -0.354 e. The lowest BCUT2D eigenvalue weighted by Crippen LogP contribution is -2.40. The molecule has 0 radical (unpaired) electrons. The normalized spacial score (nSPS) is 12.0. The van der Waals surface area contributed by atoms with Crippen molar-refractivity contribution in [1.82, 2.24) is 9.62 Å². The lowest BCUT2D eigenvalue weighted by atomic mass is 10.1. The zero-order valence-corrected chi connectivity index (χ0v) is 21.8. The van der Waals surface area contributed by atoms with Crippen LogP contribution < -0.4 is 9.62 Å². The maximum absolute atomic E-state index is 12.4. The minimum atomic E-state index is -3.74. The molecule has 0 atom stereocenters. The van der Waals surface area contributed by atoms with Crippen molar-refractivity contribution in [3.63, 3.8) is 0 Å². The van der Waals surface area contributed by atoms with Gasteiger partial charge in [0, 0.05) is 26.4 Å². The molecule has 0 bridgehead atoms. The summed E-state index contributed by atoms with van der Waals surface area (Å²) in [5.74, 6) is 1.35. The maximum Gasteiger partial charge on any atom is 0.242 e. The van der Waals surface area contributed by atoms with Crippen LogP contribution in [-0.4, -0.2) is 66.2 Å². The molecule has 0 aliphatic heterocycles. The Morgan fingerprint density at radius 3 is 2.21 bits per heavy atom. The molecule has 8 nitrogen and oxygen atoms in total. The highest BCUT2D eigenvalue weighted by Gasteiger charge is 2.22. The van der Waals surface area contributed by atoms with E-state index in [9.17, 15) is 21.6 Å². The summed E-state index contributed by atoms with van der Waals surface area (Å²) in [7, 11) is -4.55. The Morgan fingerprint density at radius 1 is 1.00 bits per heavy atom. The maximum atomic E-state index is 12.4. The number of rotatable bonds is 12. The molecule has 11 heteroatoms. The monoisotopic (exact) mass is 513 g/mol. The average molecular weight is 514 g/mol. The first kappa shape index (κ1) is 27.2. The summed E-state index contributed by atoms with van der Waals surface area (Å²) >= 11 is 1.78. The molecule has 1 amide bonds. The number of carbonyl (C=O) groups excluding carboxylic acids is 1. The van der Waals surface area contributed by atoms with Crippen molar-refractivity contribution in [3.8, 4) is 0 Å². The predicted octanol–water partition coefficient (Wildman–Crippen LogP) is 2.45. The molecular formula is C22H31N3O5S3. The molecule has 1 N–H and O–H groups in total. The third kappa shape index (κ3) is 8.02. The fourth-order valence-corrected chi connectivity index (χ4v) is 5.73. The molecule has 182 valence electrons. The Kier molecular flexibility index (Phi) is 9.77. The van der Waals surface area contributed by atoms with Crippen LogP contribution in [0.2, 0.25) is 0 Å². The zero-order chi connectivity index (χ0) is 24.6. The van der Waals surface area contributed by atoms with Gasteiger partial charge in [-0.25, -0.2) is 21.1 Å². The molecule has 0 unspecified atom stereocenters. The molecule has 0 fully saturated rings. The number of hydrogen-bond donors (Lipinski definition) is 1. The third-order valence-corrected chi connectivity index (χ3v) is 8.96. The van der Waals surface area contributed by atoms with Gasteiger partial charge >= 0.3 is 0 Å². The highest BCUT2D eigenvalue weighted by Crippen LogP contribution is 2.21. The van der Waals surface area contributed by atoms with Crippen LogP contribution >= 0.6 is 11.8 Å². The molecule has 2 aromatic rings. The number of sulfonamides is 2. The number of thioether (sulfide) groups is 1. The van der Waals surface area contributed by atoms with Crippen LogP contribution in [-0.2, 0) is 30.6 Å². The number of nitrogens with zero attached hydrogens (tertiary/aromatic N) is 2. The van der Waals surface area contributed by atoms with E-state index in [1.54, 1.807) is 11.8 Å². The van der Waals surface area contributed by atoms with Gasteiger partial charge in [0.15, 0.2) is 0 Å². The van der Waals surface area contributed by atoms with E-state index in [0.717, 1.165) is 32.8 Å². The van der Waals surface area contributed by atoms with Crippen LogP contribution in [0.15, 0.2) is 53.4 Å². The summed E-state index contributed by atoms with van der Waals surface area (Å²) in [5.41, 5.74) is 2.77. The van der Waals surface area contributed by atoms with Gasteiger partial charge in [-0.2, -0.15) is 11.8 Å². The predicted molar refractivity (Wildman–Crippen MR) is 134 cm³/mol. The highest BCUT2D eigenvalue weighted by molar-refractivity contribution is 7.98. The lowest BCUT2D eigenvalue weighted by molar-refractivity contribution is -0.119. The first-order valence-corrected chi connectivity index (χ1v) is 14.8. The lowest BCUT2D eigenvalue weighted by Gasteiger charge is -2.22. The van der Waals surface area contributed by atoms with E-state index in [-0.39, 0.29) is 17.1 Å². The topological polar surface area (TPSA) is 104 Å². The Hall–Kier alpha value is -2.08. The quantitative estimate of drug-likeness (QED) is 0.437. The number of nitrogens with one attached hydrogen (secondary N) is 1. The van der Waals surface area contributed by atoms with Crippen LogP contribution in [0, 0.1) is 6.92 Å². The van der Waals surface area contributed by atoms with E-state index in [4.69, 9.17) is 0 Å². The largest absolute Gasteiger partial charge is 0.354 e. The van der Waals surface area contributed by atoms with Gasteiger partial charge in [0.25, 0.3) is 0 Å². The summed E-state index contributed by atoms with van der Waals surface area (Å²) < 4.78 is 50.9. The molecule has 0 aliphatic carbocycles. The Labute approximate surface area is 201 Å². The Morgan fingerprint density at radius 2 is 1.64 bits per heavy atom. The molecule has 2 rings (SSSR count). The van der Waals surface area contributed by atoms with Crippen LogP contribution in [0.25, 0.3) is 0 Å². The first-order chi connectivity index (χ1) is 15.4. The van der Waals surface area contributed by atoms with Crippen molar-refractivity contribution >= 4 is 43.4 Å². The van der Waals surface area contributed by atoms with Gasteiger partial charge in [0.05, 0.1) is 16.8 Å². The summed E-state index contributed by atoms with van der Waals surface area (Å²) in [5, 5.41) is 2.75. The zero-order valence-electron chi connectivity index (χ0n) is 19.3. The fraction of sp³-hybridized carbons (Fsp3) is 0.409. The third-order valence-electron chi connectivity index (χ3n) is 4.90. The highest BCUT2D eigenvalue weighted by atomic mass is 32.2. The van der Waals surface area contributed by atoms with Gasteiger partial charge < -0.3 is 5.32 Å². The van der Waals surface area contributed by atoms with Gasteiger partial charge in [-0.3, -0.25) is 9.10 Å². The number of aryl methyl sites for hydroxylation is 1. The summed E-state index contributed by atoms with van der Waals surface area (Å²) in [6, 6.07) is 13.6. The van der Waals surface area contributed by atoms with E-state index in [1.807, 2.05) is 12.1 Å². The second kappa shape index (κ2) is 11.9. The van der Waals surface area contributed by atoms with Crippen LogP contribution in [0.4, 0.5) is 5.69 Å². The number of carbonyl (C=O) groups is 1. The standard InChI is InChI=1S/C22H31N3O5S3/c1-18-8-5-6-9-19(18)17-31-15-7-14-23-22(26)16-25(32(4,27)28)20-10-12-21(13-11-20)33(29,30)24(2)3/h5-6,8-13H,7,14-17H2,1-4H3,(H,23,26). The molecule has 0 aromatic heterocycles. The number of benzene rings is 2. The fourth-order valence-electron chi connectivity index (χ4n) is 2.94. The van der Waals surface area contributed by atoms with Gasteiger partial charge in [-0.1, -0.05) is 24.3 Å². The minimum absolute atomic E-state index is 0.0392. The smallest absolute Gasteiger partial charge is 0.242 e. The SMILES string of the molecule is Cc1ccccc1CSCCCNC(=O)CN(c1ccc(S(=O)(=O)N(C)C)cc1)S(C)(=O)=O. The molecular weight excluding hydrogens is 482 g/mol. The number of amides is 1. The molecule has 2 aromatic carbocycles. The average Bonchev–Trinajstić information content (AvgIpc) is 2.75. The first-order valence-electron chi connectivity index (χ1n) is 10.3. The number of hydrogen-bond acceptors (Lipinski definition) is 6. The van der Waals surface area contributed by atoms with E-state index in [0.29, 0.717) is 6.54 Å². The summed E-state index contributed by atoms with van der Waals surface area (Å²) in [4.78, 5) is 12.4. The van der Waals surface area contributed by atoms with E-state index < -0.39 is 26.0 Å². The van der Waals surface area contributed by atoms with Crippen molar-refractivity contribution in [2.24, 2.45) is 0 Å². The van der Waals surface area contributed by atoms with Crippen molar-refractivity contribution in [2.45, 2.75) is 24.0 Å². The summed E-state index contributed by atoms with van der Waals surface area (Å²) in [6.45, 7) is 2.14. The molecule has 0 spiro atoms. The molecule has 33 heavy (non-hydrogen) atoms. The van der Waals surface area contributed by atoms with Crippen molar-refractivity contribution in [3.05, 3.63) is 59.7 Å². The number of anilines is 1. The van der Waals surface area contributed by atoms with E-state index in [2.05, 4.69) is 24.4 Å². The molecule has 0 saturated carbocycles. The van der Waals surface area contributed by atoms with Crippen molar-refractivity contribution < 1.29 is 21.6 Å². The Bertz CT molecular complexity index is 1150. The second-order valence-electron chi connectivity index (χ2n) is 7.73. The van der Waals surface area contributed by atoms with Gasteiger partial charge in [0.2, 0.25) is 26.0 Å². The van der Waals surface area contributed by atoms with Gasteiger partial charge in [-0.15, -0.1) is 0 Å². The Balaban J connectivity index is 1.88. The molecule has 0 heterocycles. The van der Waals surface area contributed by atoms with Gasteiger partial charge in [-0.05, 0) is 54.5 Å².